The number of nitrogens with zero attached hydrogens (tertiary/aromatic N) is 2. The Kier molecular flexibility index (Phi) is 5.57. The lowest BCUT2D eigenvalue weighted by Gasteiger charge is -2.24. The Balaban J connectivity index is 3.04. The van der Waals surface area contributed by atoms with Crippen molar-refractivity contribution in [3.8, 4) is 6.07 Å². The monoisotopic (exact) mass is 348 g/mol. The van der Waals surface area contributed by atoms with Gasteiger partial charge in [-0.25, -0.2) is 0 Å². The van der Waals surface area contributed by atoms with E-state index >= 15 is 0 Å². The Bertz CT molecular complexity index is 537. The molecule has 0 fully saturated rings. The largest absolute Gasteiger partial charge is 0.406 e. The number of amides is 1. The molecule has 108 valence electrons. The minimum atomic E-state index is -4.50. The molecule has 7 heteroatoms. The molecule has 0 saturated carbocycles. The van der Waals surface area contributed by atoms with E-state index in [1.807, 2.05) is 0 Å². The molecule has 0 N–H and O–H groups in total. The minimum Gasteiger partial charge on any atom is -0.328 e. The first-order valence-corrected chi connectivity index (χ1v) is 6.53. The third kappa shape index (κ3) is 4.53. The fourth-order valence-electron chi connectivity index (χ4n) is 1.66. The summed E-state index contributed by atoms with van der Waals surface area (Å²) in [7, 11) is 0. The van der Waals surface area contributed by atoms with Gasteiger partial charge < -0.3 is 4.90 Å². The van der Waals surface area contributed by atoms with E-state index in [4.69, 9.17) is 5.26 Å². The van der Waals surface area contributed by atoms with Gasteiger partial charge in [0.2, 0.25) is 0 Å². The van der Waals surface area contributed by atoms with E-state index in [9.17, 15) is 18.0 Å². The summed E-state index contributed by atoms with van der Waals surface area (Å²) in [6, 6.07) is 6.50. The maximum atomic E-state index is 12.5. The summed E-state index contributed by atoms with van der Waals surface area (Å²) >= 11 is 3.23. The summed E-state index contributed by atoms with van der Waals surface area (Å²) < 4.78 is 38.2. The topological polar surface area (TPSA) is 44.1 Å². The van der Waals surface area contributed by atoms with Crippen molar-refractivity contribution >= 4 is 21.8 Å². The third-order valence-electron chi connectivity index (χ3n) is 2.65. The van der Waals surface area contributed by atoms with Gasteiger partial charge in [-0.3, -0.25) is 4.79 Å². The summed E-state index contributed by atoms with van der Waals surface area (Å²) in [6.45, 7) is 0.0354. The molecule has 0 aliphatic heterocycles. The quantitative estimate of drug-likeness (QED) is 0.833. The van der Waals surface area contributed by atoms with Crippen molar-refractivity contribution in [3.05, 3.63) is 33.8 Å². The molecule has 0 heterocycles. The first-order chi connectivity index (χ1) is 9.26. The van der Waals surface area contributed by atoms with Gasteiger partial charge in [-0.1, -0.05) is 22.0 Å². The molecule has 0 spiro atoms. The highest BCUT2D eigenvalue weighted by atomic mass is 79.9. The van der Waals surface area contributed by atoms with Crippen molar-refractivity contribution in [1.82, 2.24) is 4.90 Å². The van der Waals surface area contributed by atoms with Crippen molar-refractivity contribution in [1.29, 1.82) is 5.26 Å². The molecular weight excluding hydrogens is 337 g/mol. The van der Waals surface area contributed by atoms with Gasteiger partial charge in [-0.2, -0.15) is 18.4 Å². The summed E-state index contributed by atoms with van der Waals surface area (Å²) in [5.41, 5.74) is 0.767. The van der Waals surface area contributed by atoms with E-state index in [1.54, 1.807) is 25.1 Å². The fraction of sp³-hybridized carbons (Fsp3) is 0.385. The van der Waals surface area contributed by atoms with E-state index in [0.717, 1.165) is 0 Å². The van der Waals surface area contributed by atoms with Crippen LogP contribution < -0.4 is 0 Å². The highest BCUT2D eigenvalue weighted by molar-refractivity contribution is 9.10. The number of hydrogen-bond donors (Lipinski definition) is 0. The Morgan fingerprint density at radius 3 is 2.65 bits per heavy atom. The van der Waals surface area contributed by atoms with Gasteiger partial charge in [-0.05, 0) is 24.6 Å². The van der Waals surface area contributed by atoms with Gasteiger partial charge in [0, 0.05) is 16.6 Å². The molecule has 0 bridgehead atoms. The molecule has 0 aromatic heterocycles. The molecule has 1 rings (SSSR count). The molecule has 0 atom stereocenters. The molecule has 1 aromatic rings. The lowest BCUT2D eigenvalue weighted by molar-refractivity contribution is -0.140. The molecule has 0 aliphatic carbocycles. The van der Waals surface area contributed by atoms with Crippen molar-refractivity contribution in [2.24, 2.45) is 0 Å². The number of benzene rings is 1. The van der Waals surface area contributed by atoms with Crippen LogP contribution in [-0.2, 0) is 0 Å². The normalized spacial score (nSPS) is 11.0. The van der Waals surface area contributed by atoms with Crippen molar-refractivity contribution in [3.63, 3.8) is 0 Å². The third-order valence-corrected chi connectivity index (χ3v) is 3.51. The summed E-state index contributed by atoms with van der Waals surface area (Å²) in [4.78, 5) is 12.8. The summed E-state index contributed by atoms with van der Waals surface area (Å²) in [5.74, 6) is -0.726. The van der Waals surface area contributed by atoms with Crippen molar-refractivity contribution in [2.45, 2.75) is 19.5 Å². The molecule has 1 aromatic carbocycles. The van der Waals surface area contributed by atoms with Crippen LogP contribution in [0.25, 0.3) is 0 Å². The second-order valence-corrected chi connectivity index (χ2v) is 5.02. The van der Waals surface area contributed by atoms with Crippen LogP contribution in [-0.4, -0.2) is 30.1 Å². The zero-order valence-electron chi connectivity index (χ0n) is 10.7. The maximum Gasteiger partial charge on any atom is 0.406 e. The Hall–Kier alpha value is -1.55. The maximum absolute atomic E-state index is 12.5. The van der Waals surface area contributed by atoms with Crippen molar-refractivity contribution < 1.29 is 18.0 Å². The van der Waals surface area contributed by atoms with E-state index in [1.165, 1.54) is 6.07 Å². The van der Waals surface area contributed by atoms with Crippen LogP contribution >= 0.6 is 15.9 Å². The van der Waals surface area contributed by atoms with E-state index < -0.39 is 18.6 Å². The Morgan fingerprint density at radius 2 is 2.10 bits per heavy atom. The number of carbonyl (C=O) groups is 1. The fourth-order valence-corrected chi connectivity index (χ4v) is 2.03. The highest BCUT2D eigenvalue weighted by Gasteiger charge is 2.33. The lowest BCUT2D eigenvalue weighted by atomic mass is 10.1. The molecule has 3 nitrogen and oxygen atoms in total. The van der Waals surface area contributed by atoms with Gasteiger partial charge >= 0.3 is 6.18 Å². The second kappa shape index (κ2) is 6.75. The zero-order chi connectivity index (χ0) is 15.3. The average Bonchev–Trinajstić information content (AvgIpc) is 2.35. The molecule has 20 heavy (non-hydrogen) atoms. The smallest absolute Gasteiger partial charge is 0.328 e. The van der Waals surface area contributed by atoms with Gasteiger partial charge in [0.25, 0.3) is 5.91 Å². The average molecular weight is 349 g/mol. The number of alkyl halides is 3. The van der Waals surface area contributed by atoms with Crippen LogP contribution in [0.15, 0.2) is 22.7 Å². The van der Waals surface area contributed by atoms with E-state index in [2.05, 4.69) is 15.9 Å². The minimum absolute atomic E-state index is 0.144. The van der Waals surface area contributed by atoms with Crippen LogP contribution in [0.3, 0.4) is 0 Å². The number of halogens is 4. The number of hydrogen-bond acceptors (Lipinski definition) is 2. The Labute approximate surface area is 123 Å². The standard InChI is InChI=1S/C13H12BrF3N2O/c1-9-10(4-2-5-11(9)14)12(20)19(7-3-6-18)8-13(15,16)17/h2,4-5H,3,7-8H2,1H3. The molecule has 0 unspecified atom stereocenters. The molecule has 1 amide bonds. The van der Waals surface area contributed by atoms with Gasteiger partial charge in [0.15, 0.2) is 0 Å². The van der Waals surface area contributed by atoms with E-state index in [-0.39, 0.29) is 18.5 Å². The molecule has 0 radical (unpaired) electrons. The van der Waals surface area contributed by atoms with Crippen molar-refractivity contribution in [2.75, 3.05) is 13.1 Å². The molecule has 0 aliphatic rings. The summed E-state index contributed by atoms with van der Waals surface area (Å²) in [5, 5.41) is 8.49. The van der Waals surface area contributed by atoms with Crippen LogP contribution in [0.4, 0.5) is 13.2 Å². The molecule has 0 saturated heterocycles. The van der Waals surface area contributed by atoms with Gasteiger partial charge in [0.1, 0.15) is 6.54 Å². The van der Waals surface area contributed by atoms with Crippen LogP contribution in [0.2, 0.25) is 0 Å². The van der Waals surface area contributed by atoms with E-state index in [0.29, 0.717) is 14.9 Å². The second-order valence-electron chi connectivity index (χ2n) is 4.16. The van der Waals surface area contributed by atoms with Gasteiger partial charge in [-0.15, -0.1) is 0 Å². The lowest BCUT2D eigenvalue weighted by Crippen LogP contribution is -2.39. The van der Waals surface area contributed by atoms with Crippen LogP contribution in [0.5, 0.6) is 0 Å². The number of nitriles is 1. The number of rotatable bonds is 4. The first-order valence-electron chi connectivity index (χ1n) is 5.74. The SMILES string of the molecule is Cc1c(Br)cccc1C(=O)N(CCC#N)CC(F)(F)F. The van der Waals surface area contributed by atoms with Crippen LogP contribution in [0, 0.1) is 18.3 Å². The predicted octanol–water partition coefficient (Wildman–Crippen LogP) is 3.68. The highest BCUT2D eigenvalue weighted by Crippen LogP contribution is 2.23. The van der Waals surface area contributed by atoms with Gasteiger partial charge in [0.05, 0.1) is 12.5 Å². The Morgan fingerprint density at radius 1 is 1.45 bits per heavy atom. The zero-order valence-corrected chi connectivity index (χ0v) is 12.3. The number of carbonyl (C=O) groups excluding carboxylic acids is 1. The first kappa shape index (κ1) is 16.5. The summed E-state index contributed by atoms with van der Waals surface area (Å²) in [6.07, 6.45) is -4.64. The van der Waals surface area contributed by atoms with Crippen LogP contribution in [0.1, 0.15) is 22.3 Å². The molecular formula is C13H12BrF3N2O. The predicted molar refractivity (Wildman–Crippen MR) is 71.1 cm³/mol.